The summed E-state index contributed by atoms with van der Waals surface area (Å²) in [4.78, 5) is 2.82. The second-order valence-electron chi connectivity index (χ2n) is 9.03. The van der Waals surface area contributed by atoms with E-state index in [9.17, 15) is 0 Å². The van der Waals surface area contributed by atoms with Crippen molar-refractivity contribution >= 4 is 11.4 Å². The SMILES string of the molecule is C[C@@H]1C2Cc3ccc(Nc4ccccc4)cc3[C@]1(C)CCN2CC1CC1. The Balaban J connectivity index is 1.45. The van der Waals surface area contributed by atoms with Crippen LogP contribution in [0.2, 0.25) is 0 Å². The molecular weight excluding hydrogens is 316 g/mol. The summed E-state index contributed by atoms with van der Waals surface area (Å²) in [5, 5.41) is 3.59. The van der Waals surface area contributed by atoms with Crippen molar-refractivity contribution in [2.24, 2.45) is 11.8 Å². The van der Waals surface area contributed by atoms with Crippen molar-refractivity contribution in [1.29, 1.82) is 0 Å². The molecule has 3 aliphatic rings. The molecule has 1 saturated carbocycles. The van der Waals surface area contributed by atoms with Crippen LogP contribution >= 0.6 is 0 Å². The lowest BCUT2D eigenvalue weighted by molar-refractivity contribution is 0.0284. The van der Waals surface area contributed by atoms with Crippen molar-refractivity contribution in [2.45, 2.75) is 51.0 Å². The third kappa shape index (κ3) is 2.75. The lowest BCUT2D eigenvalue weighted by Gasteiger charge is -2.55. The molecular formula is C24H30N2. The maximum absolute atomic E-state index is 3.59. The zero-order valence-corrected chi connectivity index (χ0v) is 16.0. The van der Waals surface area contributed by atoms with Gasteiger partial charge in [0.1, 0.15) is 0 Å². The molecule has 1 unspecified atom stereocenters. The molecule has 0 spiro atoms. The van der Waals surface area contributed by atoms with Crippen molar-refractivity contribution in [3.8, 4) is 0 Å². The second-order valence-corrected chi connectivity index (χ2v) is 9.03. The monoisotopic (exact) mass is 346 g/mol. The maximum atomic E-state index is 3.59. The Bertz CT molecular complexity index is 795. The second kappa shape index (κ2) is 6.13. The van der Waals surface area contributed by atoms with Crippen molar-refractivity contribution in [3.63, 3.8) is 0 Å². The summed E-state index contributed by atoms with van der Waals surface area (Å²) in [5.41, 5.74) is 5.87. The maximum Gasteiger partial charge on any atom is 0.0387 e. The van der Waals surface area contributed by atoms with E-state index in [4.69, 9.17) is 0 Å². The summed E-state index contributed by atoms with van der Waals surface area (Å²) in [6, 6.07) is 18.3. The number of para-hydroxylation sites is 1. The fourth-order valence-corrected chi connectivity index (χ4v) is 5.33. The lowest BCUT2D eigenvalue weighted by atomic mass is 9.59. The Hall–Kier alpha value is -1.80. The number of hydrogen-bond donors (Lipinski definition) is 1. The highest BCUT2D eigenvalue weighted by atomic mass is 15.2. The summed E-state index contributed by atoms with van der Waals surface area (Å²) in [6.45, 7) is 7.64. The molecule has 2 aromatic rings. The van der Waals surface area contributed by atoms with Gasteiger partial charge in [0.05, 0.1) is 0 Å². The molecule has 0 radical (unpaired) electrons. The first kappa shape index (κ1) is 16.4. The Morgan fingerprint density at radius 2 is 1.88 bits per heavy atom. The number of anilines is 2. The molecule has 2 nitrogen and oxygen atoms in total. The van der Waals surface area contributed by atoms with Gasteiger partial charge in [-0.15, -0.1) is 0 Å². The van der Waals surface area contributed by atoms with Crippen LogP contribution in [0.25, 0.3) is 0 Å². The third-order valence-electron chi connectivity index (χ3n) is 7.38. The largest absolute Gasteiger partial charge is 0.356 e. The van der Waals surface area contributed by atoms with E-state index in [1.54, 1.807) is 11.1 Å². The van der Waals surface area contributed by atoms with Gasteiger partial charge in [0, 0.05) is 24.0 Å². The summed E-state index contributed by atoms with van der Waals surface area (Å²) in [7, 11) is 0. The highest BCUT2D eigenvalue weighted by molar-refractivity contribution is 5.62. The van der Waals surface area contributed by atoms with Gasteiger partial charge in [-0.2, -0.15) is 0 Å². The normalized spacial score (nSPS) is 30.7. The number of rotatable bonds is 4. The average molecular weight is 347 g/mol. The number of fused-ring (bicyclic) bond motifs is 4. The molecule has 3 atom stereocenters. The summed E-state index contributed by atoms with van der Waals surface area (Å²) < 4.78 is 0. The molecule has 2 aliphatic carbocycles. The highest BCUT2D eigenvalue weighted by Gasteiger charge is 2.48. The van der Waals surface area contributed by atoms with E-state index in [0.29, 0.717) is 5.41 Å². The number of nitrogens with one attached hydrogen (secondary N) is 1. The number of piperidine rings is 1. The summed E-state index contributed by atoms with van der Waals surface area (Å²) >= 11 is 0. The standard InChI is InChI=1S/C24H30N2/c1-17-23-14-19-10-11-21(25-20-6-4-3-5-7-20)15-22(19)24(17,2)12-13-26(23)16-18-8-9-18/h3-7,10-11,15,17-18,23,25H,8-9,12-14,16H2,1-2H3/t17-,23?,24-/m1/s1. The molecule has 2 fully saturated rings. The highest BCUT2D eigenvalue weighted by Crippen LogP contribution is 2.50. The summed E-state index contributed by atoms with van der Waals surface area (Å²) in [6.07, 6.45) is 5.43. The zero-order chi connectivity index (χ0) is 17.7. The molecule has 1 N–H and O–H groups in total. The Morgan fingerprint density at radius 1 is 1.08 bits per heavy atom. The van der Waals surface area contributed by atoms with Crippen LogP contribution in [0.4, 0.5) is 11.4 Å². The summed E-state index contributed by atoms with van der Waals surface area (Å²) in [5.74, 6) is 1.72. The van der Waals surface area contributed by atoms with Crippen molar-refractivity contribution in [1.82, 2.24) is 4.90 Å². The smallest absolute Gasteiger partial charge is 0.0387 e. The molecule has 26 heavy (non-hydrogen) atoms. The first-order valence-corrected chi connectivity index (χ1v) is 10.3. The zero-order valence-electron chi connectivity index (χ0n) is 16.0. The van der Waals surface area contributed by atoms with E-state index >= 15 is 0 Å². The number of likely N-dealkylation sites (tertiary alicyclic amines) is 1. The van der Waals surface area contributed by atoms with Crippen LogP contribution in [0.5, 0.6) is 0 Å². The molecule has 2 heteroatoms. The number of hydrogen-bond acceptors (Lipinski definition) is 2. The fourth-order valence-electron chi connectivity index (χ4n) is 5.33. The van der Waals surface area contributed by atoms with Gasteiger partial charge >= 0.3 is 0 Å². The third-order valence-corrected chi connectivity index (χ3v) is 7.38. The van der Waals surface area contributed by atoms with Crippen molar-refractivity contribution < 1.29 is 0 Å². The molecule has 2 bridgehead atoms. The van der Waals surface area contributed by atoms with Crippen LogP contribution in [-0.4, -0.2) is 24.0 Å². The van der Waals surface area contributed by atoms with Crippen molar-refractivity contribution in [3.05, 3.63) is 59.7 Å². The van der Waals surface area contributed by atoms with Gasteiger partial charge in [-0.3, -0.25) is 4.90 Å². The quantitative estimate of drug-likeness (QED) is 0.801. The van der Waals surface area contributed by atoms with Crippen LogP contribution < -0.4 is 5.32 Å². The van der Waals surface area contributed by atoms with Crippen molar-refractivity contribution in [2.75, 3.05) is 18.4 Å². The van der Waals surface area contributed by atoms with Crippen LogP contribution in [0, 0.1) is 11.8 Å². The first-order chi connectivity index (χ1) is 12.6. The fraction of sp³-hybridized carbons (Fsp3) is 0.500. The molecule has 136 valence electrons. The molecule has 1 heterocycles. The molecule has 1 saturated heterocycles. The van der Waals surface area contributed by atoms with E-state index in [0.717, 1.165) is 17.9 Å². The molecule has 2 aromatic carbocycles. The molecule has 0 amide bonds. The van der Waals surface area contributed by atoms with Gasteiger partial charge in [0.25, 0.3) is 0 Å². The van der Waals surface area contributed by atoms with E-state index in [-0.39, 0.29) is 0 Å². The van der Waals surface area contributed by atoms with E-state index in [1.165, 1.54) is 50.1 Å². The van der Waals surface area contributed by atoms with Crippen LogP contribution in [-0.2, 0) is 11.8 Å². The Labute approximate surface area is 157 Å². The minimum atomic E-state index is 0.312. The van der Waals surface area contributed by atoms with E-state index < -0.39 is 0 Å². The number of benzene rings is 2. The van der Waals surface area contributed by atoms with E-state index in [1.807, 2.05) is 0 Å². The van der Waals surface area contributed by atoms with Gasteiger partial charge in [0.15, 0.2) is 0 Å². The molecule has 0 aromatic heterocycles. The van der Waals surface area contributed by atoms with Gasteiger partial charge < -0.3 is 5.32 Å². The minimum Gasteiger partial charge on any atom is -0.356 e. The predicted octanol–water partition coefficient (Wildman–Crippen LogP) is 5.36. The van der Waals surface area contributed by atoms with E-state index in [2.05, 4.69) is 72.6 Å². The van der Waals surface area contributed by atoms with Crippen LogP contribution in [0.15, 0.2) is 48.5 Å². The van der Waals surface area contributed by atoms with Crippen LogP contribution in [0.3, 0.4) is 0 Å². The average Bonchev–Trinajstić information content (AvgIpc) is 3.46. The van der Waals surface area contributed by atoms with Gasteiger partial charge in [-0.1, -0.05) is 38.1 Å². The van der Waals surface area contributed by atoms with Gasteiger partial charge in [-0.05, 0) is 84.9 Å². The first-order valence-electron chi connectivity index (χ1n) is 10.3. The predicted molar refractivity (Wildman–Crippen MR) is 109 cm³/mol. The molecule has 5 rings (SSSR count). The van der Waals surface area contributed by atoms with Gasteiger partial charge in [0.2, 0.25) is 0 Å². The Morgan fingerprint density at radius 3 is 2.65 bits per heavy atom. The van der Waals surface area contributed by atoms with Crippen LogP contribution in [0.1, 0.15) is 44.2 Å². The minimum absolute atomic E-state index is 0.312. The van der Waals surface area contributed by atoms with Gasteiger partial charge in [-0.25, -0.2) is 0 Å². The topological polar surface area (TPSA) is 15.3 Å². The Kier molecular flexibility index (Phi) is 3.86. The molecule has 1 aliphatic heterocycles. The number of nitrogens with zero attached hydrogens (tertiary/aromatic N) is 1. The lowest BCUT2D eigenvalue weighted by Crippen LogP contribution is -2.58.